The van der Waals surface area contributed by atoms with Crippen molar-refractivity contribution in [1.82, 2.24) is 4.98 Å². The number of aryl methyl sites for hydroxylation is 1. The van der Waals surface area contributed by atoms with Crippen LogP contribution in [0.5, 0.6) is 0 Å². The van der Waals surface area contributed by atoms with Crippen LogP contribution >= 0.6 is 0 Å². The normalized spacial score (nSPS) is 31.7. The fourth-order valence-electron chi connectivity index (χ4n) is 6.14. The van der Waals surface area contributed by atoms with Crippen LogP contribution in [0.4, 0.5) is 0 Å². The Kier molecular flexibility index (Phi) is 5.45. The molecule has 2 saturated heterocycles. The second kappa shape index (κ2) is 8.20. The summed E-state index contributed by atoms with van der Waals surface area (Å²) < 4.78 is 12.1. The average Bonchev–Trinajstić information content (AvgIpc) is 3.22. The van der Waals surface area contributed by atoms with Gasteiger partial charge in [-0.1, -0.05) is 36.8 Å². The Labute approximate surface area is 174 Å². The standard InChI is InChI=1S/C26H33NO2/c1-2-11-23-21(7-1)8-5-9-22(23)10-6-13-25(24-12-3-4-16-27-24)14-18-29-26(19-25)15-17-28-20-26/h1-4,7,11-12,16,22H,5-6,8-10,13-15,17-20H2. The molecule has 3 heterocycles. The third-order valence-corrected chi connectivity index (χ3v) is 7.63. The minimum atomic E-state index is -0.0901. The van der Waals surface area contributed by atoms with Gasteiger partial charge in [0, 0.05) is 36.9 Å². The number of benzene rings is 1. The number of ether oxygens (including phenoxy) is 2. The van der Waals surface area contributed by atoms with Gasteiger partial charge >= 0.3 is 0 Å². The van der Waals surface area contributed by atoms with E-state index in [1.54, 1.807) is 11.1 Å². The molecule has 0 amide bonds. The lowest BCUT2D eigenvalue weighted by atomic mass is 9.67. The molecule has 154 valence electrons. The van der Waals surface area contributed by atoms with Crippen LogP contribution in [-0.2, 0) is 21.3 Å². The van der Waals surface area contributed by atoms with Crippen molar-refractivity contribution in [2.45, 2.75) is 74.7 Å². The molecule has 3 unspecified atom stereocenters. The summed E-state index contributed by atoms with van der Waals surface area (Å²) >= 11 is 0. The zero-order valence-corrected chi connectivity index (χ0v) is 17.4. The van der Waals surface area contributed by atoms with Crippen molar-refractivity contribution in [3.63, 3.8) is 0 Å². The average molecular weight is 392 g/mol. The molecule has 3 heteroatoms. The second-order valence-electron chi connectivity index (χ2n) is 9.44. The van der Waals surface area contributed by atoms with Crippen LogP contribution in [0.25, 0.3) is 0 Å². The van der Waals surface area contributed by atoms with Gasteiger partial charge in [0.2, 0.25) is 0 Å². The summed E-state index contributed by atoms with van der Waals surface area (Å²) in [4.78, 5) is 4.83. The van der Waals surface area contributed by atoms with Crippen molar-refractivity contribution >= 4 is 0 Å². The van der Waals surface area contributed by atoms with Gasteiger partial charge in [0.1, 0.15) is 0 Å². The van der Waals surface area contributed by atoms with Crippen molar-refractivity contribution in [2.75, 3.05) is 19.8 Å². The second-order valence-corrected chi connectivity index (χ2v) is 9.44. The number of rotatable bonds is 5. The maximum atomic E-state index is 6.29. The van der Waals surface area contributed by atoms with E-state index in [-0.39, 0.29) is 11.0 Å². The number of aromatic nitrogens is 1. The van der Waals surface area contributed by atoms with E-state index in [2.05, 4.69) is 36.4 Å². The number of nitrogens with zero attached hydrogens (tertiary/aromatic N) is 1. The minimum Gasteiger partial charge on any atom is -0.378 e. The molecule has 0 N–H and O–H groups in total. The highest BCUT2D eigenvalue weighted by Crippen LogP contribution is 2.48. The Morgan fingerprint density at radius 3 is 2.83 bits per heavy atom. The van der Waals surface area contributed by atoms with Crippen LogP contribution < -0.4 is 0 Å². The Morgan fingerprint density at radius 2 is 1.97 bits per heavy atom. The largest absolute Gasteiger partial charge is 0.378 e. The van der Waals surface area contributed by atoms with E-state index in [9.17, 15) is 0 Å². The zero-order chi connectivity index (χ0) is 19.6. The lowest BCUT2D eigenvalue weighted by Gasteiger charge is -2.46. The fraction of sp³-hybridized carbons (Fsp3) is 0.577. The van der Waals surface area contributed by atoms with Gasteiger partial charge in [0.25, 0.3) is 0 Å². The molecule has 1 aliphatic carbocycles. The first kappa shape index (κ1) is 19.3. The van der Waals surface area contributed by atoms with Crippen LogP contribution in [0.2, 0.25) is 0 Å². The summed E-state index contributed by atoms with van der Waals surface area (Å²) in [5.74, 6) is 0.726. The number of hydrogen-bond acceptors (Lipinski definition) is 3. The highest BCUT2D eigenvalue weighted by Gasteiger charge is 2.49. The first-order chi connectivity index (χ1) is 14.3. The highest BCUT2D eigenvalue weighted by molar-refractivity contribution is 5.32. The van der Waals surface area contributed by atoms with Gasteiger partial charge in [-0.25, -0.2) is 0 Å². The minimum absolute atomic E-state index is 0.0901. The van der Waals surface area contributed by atoms with E-state index in [4.69, 9.17) is 14.5 Å². The monoisotopic (exact) mass is 391 g/mol. The Hall–Kier alpha value is -1.71. The summed E-state index contributed by atoms with van der Waals surface area (Å²) in [6.45, 7) is 2.40. The summed E-state index contributed by atoms with van der Waals surface area (Å²) in [7, 11) is 0. The Bertz CT molecular complexity index is 814. The number of fused-ring (bicyclic) bond motifs is 1. The highest BCUT2D eigenvalue weighted by atomic mass is 16.6. The molecule has 1 aromatic heterocycles. The van der Waals surface area contributed by atoms with E-state index >= 15 is 0 Å². The van der Waals surface area contributed by atoms with Crippen LogP contribution in [-0.4, -0.2) is 30.4 Å². The molecule has 2 aromatic rings. The molecule has 29 heavy (non-hydrogen) atoms. The van der Waals surface area contributed by atoms with Gasteiger partial charge in [-0.05, 0) is 74.1 Å². The summed E-state index contributed by atoms with van der Waals surface area (Å²) in [5.41, 5.74) is 4.49. The van der Waals surface area contributed by atoms with Gasteiger partial charge in [-0.15, -0.1) is 0 Å². The van der Waals surface area contributed by atoms with Crippen molar-refractivity contribution in [2.24, 2.45) is 0 Å². The lowest BCUT2D eigenvalue weighted by Crippen LogP contribution is -2.48. The van der Waals surface area contributed by atoms with Gasteiger partial charge < -0.3 is 9.47 Å². The van der Waals surface area contributed by atoms with Crippen LogP contribution in [0, 0.1) is 0 Å². The van der Waals surface area contributed by atoms with Crippen LogP contribution in [0.1, 0.15) is 74.1 Å². The van der Waals surface area contributed by atoms with E-state index in [1.807, 2.05) is 12.3 Å². The van der Waals surface area contributed by atoms with Crippen molar-refractivity contribution in [1.29, 1.82) is 0 Å². The van der Waals surface area contributed by atoms with Gasteiger partial charge in [-0.2, -0.15) is 0 Å². The molecule has 3 aliphatic rings. The molecule has 1 aromatic carbocycles. The first-order valence-electron chi connectivity index (χ1n) is 11.5. The molecule has 0 radical (unpaired) electrons. The van der Waals surface area contributed by atoms with Gasteiger partial charge in [0.15, 0.2) is 0 Å². The molecule has 1 spiro atoms. The zero-order valence-electron chi connectivity index (χ0n) is 17.4. The third-order valence-electron chi connectivity index (χ3n) is 7.63. The van der Waals surface area contributed by atoms with Gasteiger partial charge in [0.05, 0.1) is 12.2 Å². The first-order valence-corrected chi connectivity index (χ1v) is 11.5. The van der Waals surface area contributed by atoms with Crippen LogP contribution in [0.15, 0.2) is 48.7 Å². The number of hydrogen-bond donors (Lipinski definition) is 0. The van der Waals surface area contributed by atoms with Crippen molar-refractivity contribution in [3.05, 3.63) is 65.5 Å². The maximum Gasteiger partial charge on any atom is 0.0945 e. The van der Waals surface area contributed by atoms with Gasteiger partial charge in [-0.3, -0.25) is 4.98 Å². The third kappa shape index (κ3) is 3.87. The summed E-state index contributed by atoms with van der Waals surface area (Å²) in [6, 6.07) is 15.5. The van der Waals surface area contributed by atoms with E-state index < -0.39 is 0 Å². The van der Waals surface area contributed by atoms with Crippen molar-refractivity contribution in [3.8, 4) is 0 Å². The van der Waals surface area contributed by atoms with E-state index in [0.717, 1.165) is 45.0 Å². The van der Waals surface area contributed by atoms with Crippen molar-refractivity contribution < 1.29 is 9.47 Å². The summed E-state index contributed by atoms with van der Waals surface area (Å²) in [6.07, 6.45) is 12.8. The van der Waals surface area contributed by atoms with E-state index in [0.29, 0.717) is 0 Å². The predicted molar refractivity (Wildman–Crippen MR) is 115 cm³/mol. The molecule has 3 atom stereocenters. The summed E-state index contributed by atoms with van der Waals surface area (Å²) in [5, 5.41) is 0. The van der Waals surface area contributed by atoms with Crippen LogP contribution in [0.3, 0.4) is 0 Å². The predicted octanol–water partition coefficient (Wildman–Crippen LogP) is 5.58. The fourth-order valence-corrected chi connectivity index (χ4v) is 6.14. The Morgan fingerprint density at radius 1 is 1.03 bits per heavy atom. The maximum absolute atomic E-state index is 6.29. The Balaban J connectivity index is 1.34. The molecular formula is C26H33NO2. The number of pyridine rings is 1. The lowest BCUT2D eigenvalue weighted by molar-refractivity contribution is -0.109. The smallest absolute Gasteiger partial charge is 0.0945 e. The SMILES string of the molecule is c1ccc(C2(CCCC3CCCc4ccccc43)CCOC3(CCOC3)C2)nc1. The quantitative estimate of drug-likeness (QED) is 0.667. The molecular weight excluding hydrogens is 358 g/mol. The topological polar surface area (TPSA) is 31.4 Å². The molecule has 2 fully saturated rings. The molecule has 3 nitrogen and oxygen atoms in total. The molecule has 0 saturated carbocycles. The van der Waals surface area contributed by atoms with E-state index in [1.165, 1.54) is 44.2 Å². The molecule has 2 aliphatic heterocycles. The molecule has 0 bridgehead atoms. The molecule has 5 rings (SSSR count).